The molecule has 110 valence electrons. The van der Waals surface area contributed by atoms with Crippen LogP contribution in [-0.4, -0.2) is 13.2 Å². The van der Waals surface area contributed by atoms with Crippen LogP contribution in [0.1, 0.15) is 16.5 Å². The Kier molecular flexibility index (Phi) is 3.91. The van der Waals surface area contributed by atoms with E-state index >= 15 is 0 Å². The molecule has 0 amide bonds. The third-order valence-corrected chi connectivity index (χ3v) is 3.99. The van der Waals surface area contributed by atoms with Crippen molar-refractivity contribution >= 4 is 23.2 Å². The molecule has 1 atom stereocenters. The summed E-state index contributed by atoms with van der Waals surface area (Å²) in [5.74, 6) is -0.933. The maximum absolute atomic E-state index is 13.9. The van der Waals surface area contributed by atoms with E-state index in [2.05, 4.69) is 0 Å². The molecular weight excluding hydrogens is 321 g/mol. The van der Waals surface area contributed by atoms with Gasteiger partial charge in [-0.2, -0.15) is 0 Å². The van der Waals surface area contributed by atoms with Gasteiger partial charge in [-0.1, -0.05) is 23.7 Å². The number of hydrogen-bond acceptors (Lipinski definition) is 2. The fraction of sp³-hybridized carbons (Fsp3) is 0.200. The monoisotopic (exact) mass is 330 g/mol. The second-order valence-corrected chi connectivity index (χ2v) is 5.37. The second-order valence-electron chi connectivity index (χ2n) is 4.52. The maximum atomic E-state index is 13.9. The molecule has 0 bridgehead atoms. The Labute approximate surface area is 130 Å². The van der Waals surface area contributed by atoms with Crippen molar-refractivity contribution in [1.82, 2.24) is 0 Å². The quantitative estimate of drug-likeness (QED) is 0.742. The molecule has 0 aliphatic carbocycles. The largest absolute Gasteiger partial charge is 0.486 e. The molecule has 0 spiro atoms. The van der Waals surface area contributed by atoms with Gasteiger partial charge in [-0.15, -0.1) is 11.6 Å². The molecule has 0 radical (unpaired) electrons. The first-order valence-corrected chi connectivity index (χ1v) is 7.06. The molecule has 0 saturated heterocycles. The van der Waals surface area contributed by atoms with Gasteiger partial charge < -0.3 is 9.47 Å². The number of ether oxygens (including phenoxy) is 2. The van der Waals surface area contributed by atoms with Crippen LogP contribution in [0.5, 0.6) is 11.5 Å². The van der Waals surface area contributed by atoms with Crippen LogP contribution in [0.3, 0.4) is 0 Å². The standard InChI is InChI=1S/C15H10Cl2F2O2/c16-10-7-13-12(20-4-5-21-13)6-9(10)14(17)8-2-1-3-11(18)15(8)19/h1-3,6-7,14H,4-5H2. The minimum absolute atomic E-state index is 0.0234. The zero-order chi connectivity index (χ0) is 15.0. The highest BCUT2D eigenvalue weighted by Crippen LogP contribution is 2.42. The number of benzene rings is 2. The van der Waals surface area contributed by atoms with Crippen LogP contribution in [0, 0.1) is 11.6 Å². The van der Waals surface area contributed by atoms with Gasteiger partial charge in [-0.05, 0) is 17.7 Å². The molecule has 1 unspecified atom stereocenters. The Hall–Kier alpha value is -1.52. The molecule has 0 N–H and O–H groups in total. The maximum Gasteiger partial charge on any atom is 0.163 e. The second kappa shape index (κ2) is 5.70. The van der Waals surface area contributed by atoms with E-state index in [1.165, 1.54) is 12.1 Å². The van der Waals surface area contributed by atoms with Gasteiger partial charge in [0.2, 0.25) is 0 Å². The summed E-state index contributed by atoms with van der Waals surface area (Å²) in [5.41, 5.74) is 0.460. The number of hydrogen-bond donors (Lipinski definition) is 0. The van der Waals surface area contributed by atoms with Crippen molar-refractivity contribution in [3.05, 3.63) is 58.1 Å². The van der Waals surface area contributed by atoms with Crippen LogP contribution in [0.15, 0.2) is 30.3 Å². The van der Waals surface area contributed by atoms with E-state index in [0.717, 1.165) is 6.07 Å². The zero-order valence-electron chi connectivity index (χ0n) is 10.7. The van der Waals surface area contributed by atoms with Crippen LogP contribution < -0.4 is 9.47 Å². The fourth-order valence-corrected chi connectivity index (χ4v) is 2.83. The van der Waals surface area contributed by atoms with Gasteiger partial charge in [0, 0.05) is 16.7 Å². The Bertz CT molecular complexity index is 692. The zero-order valence-corrected chi connectivity index (χ0v) is 12.2. The lowest BCUT2D eigenvalue weighted by molar-refractivity contribution is 0.171. The number of halogens is 4. The summed E-state index contributed by atoms with van der Waals surface area (Å²) in [7, 11) is 0. The van der Waals surface area contributed by atoms with Crippen molar-refractivity contribution in [3.63, 3.8) is 0 Å². The first-order valence-electron chi connectivity index (χ1n) is 6.25. The molecule has 2 aromatic rings. The average Bonchev–Trinajstić information content (AvgIpc) is 2.48. The van der Waals surface area contributed by atoms with E-state index in [4.69, 9.17) is 32.7 Å². The highest BCUT2D eigenvalue weighted by molar-refractivity contribution is 6.33. The van der Waals surface area contributed by atoms with Crippen LogP contribution >= 0.6 is 23.2 Å². The lowest BCUT2D eigenvalue weighted by Crippen LogP contribution is -2.15. The Morgan fingerprint density at radius 2 is 1.67 bits per heavy atom. The minimum Gasteiger partial charge on any atom is -0.486 e. The highest BCUT2D eigenvalue weighted by Gasteiger charge is 2.23. The van der Waals surface area contributed by atoms with E-state index in [0.29, 0.717) is 35.3 Å². The average molecular weight is 331 g/mol. The molecule has 1 aliphatic rings. The number of fused-ring (bicyclic) bond motifs is 1. The van der Waals surface area contributed by atoms with E-state index in [-0.39, 0.29) is 5.56 Å². The van der Waals surface area contributed by atoms with Gasteiger partial charge in [0.25, 0.3) is 0 Å². The van der Waals surface area contributed by atoms with Gasteiger partial charge in [0.15, 0.2) is 23.1 Å². The summed E-state index contributed by atoms with van der Waals surface area (Å²) in [5, 5.41) is -0.619. The predicted octanol–water partition coefficient (Wildman–Crippen LogP) is 4.72. The summed E-state index contributed by atoms with van der Waals surface area (Å²) in [6.45, 7) is 0.848. The summed E-state index contributed by atoms with van der Waals surface area (Å²) in [6.07, 6.45) is 0. The summed E-state index contributed by atoms with van der Waals surface area (Å²) in [4.78, 5) is 0. The van der Waals surface area contributed by atoms with Gasteiger partial charge in [-0.25, -0.2) is 8.78 Å². The number of alkyl halides is 1. The molecule has 21 heavy (non-hydrogen) atoms. The van der Waals surface area contributed by atoms with E-state index in [9.17, 15) is 8.78 Å². The molecule has 0 aromatic heterocycles. The van der Waals surface area contributed by atoms with Crippen LogP contribution in [0.25, 0.3) is 0 Å². The molecule has 3 rings (SSSR count). The molecule has 1 heterocycles. The van der Waals surface area contributed by atoms with Crippen molar-refractivity contribution in [2.24, 2.45) is 0 Å². The summed E-state index contributed by atoms with van der Waals surface area (Å²) in [6, 6.07) is 7.02. The minimum atomic E-state index is -0.983. The summed E-state index contributed by atoms with van der Waals surface area (Å²) >= 11 is 12.4. The van der Waals surface area contributed by atoms with Gasteiger partial charge in [0.1, 0.15) is 13.2 Å². The normalized spacial score (nSPS) is 14.9. The van der Waals surface area contributed by atoms with Gasteiger partial charge in [0.05, 0.1) is 5.38 Å². The van der Waals surface area contributed by atoms with Crippen LogP contribution in [0.2, 0.25) is 5.02 Å². The molecule has 2 nitrogen and oxygen atoms in total. The Morgan fingerprint density at radius 1 is 1.00 bits per heavy atom. The Morgan fingerprint density at radius 3 is 2.38 bits per heavy atom. The van der Waals surface area contributed by atoms with Gasteiger partial charge >= 0.3 is 0 Å². The van der Waals surface area contributed by atoms with Gasteiger partial charge in [-0.3, -0.25) is 0 Å². The molecule has 0 fully saturated rings. The molecule has 1 aliphatic heterocycles. The van der Waals surface area contributed by atoms with Crippen LogP contribution in [-0.2, 0) is 0 Å². The topological polar surface area (TPSA) is 18.5 Å². The van der Waals surface area contributed by atoms with Crippen molar-refractivity contribution in [2.45, 2.75) is 5.38 Å². The SMILES string of the molecule is Fc1cccc(C(Cl)c2cc3c(cc2Cl)OCCO3)c1F. The molecule has 6 heteroatoms. The third kappa shape index (κ3) is 2.65. The third-order valence-electron chi connectivity index (χ3n) is 3.19. The first-order chi connectivity index (χ1) is 10.1. The van der Waals surface area contributed by atoms with Crippen molar-refractivity contribution in [2.75, 3.05) is 13.2 Å². The number of rotatable bonds is 2. The van der Waals surface area contributed by atoms with E-state index in [1.54, 1.807) is 12.1 Å². The van der Waals surface area contributed by atoms with Crippen LogP contribution in [0.4, 0.5) is 8.78 Å². The highest BCUT2D eigenvalue weighted by atomic mass is 35.5. The molecule has 2 aromatic carbocycles. The fourth-order valence-electron chi connectivity index (χ4n) is 2.16. The van der Waals surface area contributed by atoms with Crippen molar-refractivity contribution < 1.29 is 18.3 Å². The van der Waals surface area contributed by atoms with E-state index < -0.39 is 17.0 Å². The Balaban J connectivity index is 2.05. The molecular formula is C15H10Cl2F2O2. The predicted molar refractivity (Wildman–Crippen MR) is 76.5 cm³/mol. The lowest BCUT2D eigenvalue weighted by atomic mass is 10.0. The summed E-state index contributed by atoms with van der Waals surface area (Å²) < 4.78 is 38.0. The van der Waals surface area contributed by atoms with E-state index in [1.807, 2.05) is 0 Å². The van der Waals surface area contributed by atoms with Crippen molar-refractivity contribution in [1.29, 1.82) is 0 Å². The smallest absolute Gasteiger partial charge is 0.163 e. The lowest BCUT2D eigenvalue weighted by Gasteiger charge is -2.21. The first kappa shape index (κ1) is 14.4. The molecule has 0 saturated carbocycles. The van der Waals surface area contributed by atoms with Crippen molar-refractivity contribution in [3.8, 4) is 11.5 Å².